The molecule has 0 aliphatic carbocycles. The molecule has 2 heterocycles. The quantitative estimate of drug-likeness (QED) is 0.839. The second kappa shape index (κ2) is 4.40. The van der Waals surface area contributed by atoms with E-state index in [1.165, 1.54) is 0 Å². The summed E-state index contributed by atoms with van der Waals surface area (Å²) in [5.74, 6) is 0.558. The normalized spacial score (nSPS) is 13.3. The lowest BCUT2D eigenvalue weighted by atomic mass is 10.2. The molecule has 0 bridgehead atoms. The summed E-state index contributed by atoms with van der Waals surface area (Å²) in [5.41, 5.74) is 2.77. The molecule has 0 fully saturated rings. The molecule has 0 saturated carbocycles. The average Bonchev–Trinajstić information content (AvgIpc) is 2.75. The smallest absolute Gasteiger partial charge is 0.230 e. The highest BCUT2D eigenvalue weighted by molar-refractivity contribution is 5.95. The molecular formula is C13H13N3O3. The van der Waals surface area contributed by atoms with Gasteiger partial charge in [0.1, 0.15) is 5.75 Å². The minimum absolute atomic E-state index is 0.125. The number of methoxy groups -OCH3 is 1. The first-order valence-electron chi connectivity index (χ1n) is 5.88. The Balaban J connectivity index is 2.24. The topological polar surface area (TPSA) is 76.4 Å². The van der Waals surface area contributed by atoms with Crippen LogP contribution in [0.2, 0.25) is 0 Å². The summed E-state index contributed by atoms with van der Waals surface area (Å²) in [5, 5.41) is 16.4. The lowest BCUT2D eigenvalue weighted by Crippen LogP contribution is -2.13. The van der Waals surface area contributed by atoms with Gasteiger partial charge in [0, 0.05) is 11.6 Å². The van der Waals surface area contributed by atoms with E-state index in [9.17, 15) is 9.90 Å². The van der Waals surface area contributed by atoms with E-state index < -0.39 is 0 Å². The monoisotopic (exact) mass is 259 g/mol. The summed E-state index contributed by atoms with van der Waals surface area (Å²) < 4.78 is 6.86. The third-order valence-corrected chi connectivity index (χ3v) is 3.16. The second-order valence-corrected chi connectivity index (χ2v) is 4.29. The maximum Gasteiger partial charge on any atom is 0.230 e. The lowest BCUT2D eigenvalue weighted by molar-refractivity contribution is -0.115. The van der Waals surface area contributed by atoms with Gasteiger partial charge in [-0.1, -0.05) is 0 Å². The lowest BCUT2D eigenvalue weighted by Gasteiger charge is -2.10. The molecule has 0 atom stereocenters. The van der Waals surface area contributed by atoms with Gasteiger partial charge in [0.2, 0.25) is 5.91 Å². The molecule has 1 aromatic heterocycles. The van der Waals surface area contributed by atoms with Crippen molar-refractivity contribution in [2.45, 2.75) is 13.0 Å². The van der Waals surface area contributed by atoms with Gasteiger partial charge in [0.05, 0.1) is 43.4 Å². The molecule has 1 aliphatic rings. The molecule has 0 radical (unpaired) electrons. The zero-order valence-corrected chi connectivity index (χ0v) is 10.4. The van der Waals surface area contributed by atoms with Crippen molar-refractivity contribution in [2.24, 2.45) is 0 Å². The third kappa shape index (κ3) is 1.86. The Bertz CT molecular complexity index is 649. The van der Waals surface area contributed by atoms with Gasteiger partial charge in [-0.3, -0.25) is 4.79 Å². The highest BCUT2D eigenvalue weighted by Gasteiger charge is 2.22. The molecule has 0 spiro atoms. The molecule has 6 nitrogen and oxygen atoms in total. The Kier molecular flexibility index (Phi) is 2.72. The van der Waals surface area contributed by atoms with Crippen molar-refractivity contribution < 1.29 is 14.6 Å². The fourth-order valence-corrected chi connectivity index (χ4v) is 2.20. The van der Waals surface area contributed by atoms with Crippen molar-refractivity contribution in [3.05, 3.63) is 35.7 Å². The number of fused-ring (bicyclic) bond motifs is 3. The van der Waals surface area contributed by atoms with Crippen molar-refractivity contribution in [1.29, 1.82) is 0 Å². The standard InChI is InChI=1S/C13H13N3O3/c1-19-9-2-3-10-12(4-9)16-11(5-13(18)15-10)8(7-17)6-14-16/h2-4,6,17H,5,7H2,1H3,(H,15,18). The van der Waals surface area contributed by atoms with Gasteiger partial charge in [-0.25, -0.2) is 4.68 Å². The molecule has 0 unspecified atom stereocenters. The van der Waals surface area contributed by atoms with Gasteiger partial charge in [-0.15, -0.1) is 0 Å². The molecule has 1 amide bonds. The third-order valence-electron chi connectivity index (χ3n) is 3.16. The van der Waals surface area contributed by atoms with Crippen LogP contribution in [-0.2, 0) is 17.8 Å². The van der Waals surface area contributed by atoms with Crippen molar-refractivity contribution in [1.82, 2.24) is 9.78 Å². The van der Waals surface area contributed by atoms with E-state index in [4.69, 9.17) is 4.74 Å². The van der Waals surface area contributed by atoms with Gasteiger partial charge in [0.15, 0.2) is 0 Å². The number of hydrogen-bond donors (Lipinski definition) is 2. The number of benzene rings is 1. The molecule has 3 rings (SSSR count). The highest BCUT2D eigenvalue weighted by Crippen LogP contribution is 2.29. The summed E-state index contributed by atoms with van der Waals surface area (Å²) in [4.78, 5) is 11.9. The number of aliphatic hydroxyl groups is 1. The van der Waals surface area contributed by atoms with E-state index in [0.717, 1.165) is 5.69 Å². The molecule has 1 aromatic carbocycles. The van der Waals surface area contributed by atoms with Crippen molar-refractivity contribution in [3.63, 3.8) is 0 Å². The molecular weight excluding hydrogens is 246 g/mol. The first-order valence-corrected chi connectivity index (χ1v) is 5.88. The largest absolute Gasteiger partial charge is 0.497 e. The van der Waals surface area contributed by atoms with Crippen LogP contribution in [0.5, 0.6) is 5.75 Å². The van der Waals surface area contributed by atoms with Crippen molar-refractivity contribution in [2.75, 3.05) is 12.4 Å². The van der Waals surface area contributed by atoms with Gasteiger partial charge in [-0.2, -0.15) is 5.10 Å². The number of aromatic nitrogens is 2. The number of amides is 1. The molecule has 2 N–H and O–H groups in total. The first-order chi connectivity index (χ1) is 9.22. The van der Waals surface area contributed by atoms with Gasteiger partial charge >= 0.3 is 0 Å². The maximum absolute atomic E-state index is 11.9. The van der Waals surface area contributed by atoms with E-state index in [0.29, 0.717) is 22.7 Å². The van der Waals surface area contributed by atoms with Gasteiger partial charge in [-0.05, 0) is 12.1 Å². The summed E-state index contributed by atoms with van der Waals surface area (Å²) in [6.07, 6.45) is 1.77. The predicted octanol–water partition coefficient (Wildman–Crippen LogP) is 0.868. The molecule has 0 saturated heterocycles. The van der Waals surface area contributed by atoms with Gasteiger partial charge in [0.25, 0.3) is 0 Å². The number of carbonyl (C=O) groups excluding carboxylic acids is 1. The zero-order chi connectivity index (χ0) is 13.4. The van der Waals surface area contributed by atoms with Crippen LogP contribution in [-0.4, -0.2) is 27.9 Å². The molecule has 2 aromatic rings. The van der Waals surface area contributed by atoms with E-state index in [1.807, 2.05) is 0 Å². The minimum atomic E-state index is -0.137. The number of ether oxygens (including phenoxy) is 1. The summed E-state index contributed by atoms with van der Waals surface area (Å²) >= 11 is 0. The Labute approximate surface area is 109 Å². The molecule has 6 heteroatoms. The first kappa shape index (κ1) is 11.7. The summed E-state index contributed by atoms with van der Waals surface area (Å²) in [6.45, 7) is -0.137. The SMILES string of the molecule is COc1ccc2c(c1)-n1ncc(CO)c1CC(=O)N2. The Morgan fingerprint density at radius 3 is 3.11 bits per heavy atom. The van der Waals surface area contributed by atoms with Crippen LogP contribution in [0.15, 0.2) is 24.4 Å². The van der Waals surface area contributed by atoms with Crippen LogP contribution in [0.25, 0.3) is 5.69 Å². The fourth-order valence-electron chi connectivity index (χ4n) is 2.20. The number of nitrogens with zero attached hydrogens (tertiary/aromatic N) is 2. The molecule has 1 aliphatic heterocycles. The fraction of sp³-hybridized carbons (Fsp3) is 0.231. The van der Waals surface area contributed by atoms with E-state index in [1.54, 1.807) is 36.2 Å². The predicted molar refractivity (Wildman–Crippen MR) is 68.4 cm³/mol. The second-order valence-electron chi connectivity index (χ2n) is 4.29. The minimum Gasteiger partial charge on any atom is -0.497 e. The van der Waals surface area contributed by atoms with Crippen LogP contribution in [0.4, 0.5) is 5.69 Å². The van der Waals surface area contributed by atoms with Crippen molar-refractivity contribution >= 4 is 11.6 Å². The Morgan fingerprint density at radius 1 is 1.53 bits per heavy atom. The molecule has 19 heavy (non-hydrogen) atoms. The number of carbonyl (C=O) groups is 1. The average molecular weight is 259 g/mol. The molecule has 98 valence electrons. The van der Waals surface area contributed by atoms with Crippen LogP contribution < -0.4 is 10.1 Å². The van der Waals surface area contributed by atoms with Crippen LogP contribution in [0, 0.1) is 0 Å². The van der Waals surface area contributed by atoms with Gasteiger partial charge < -0.3 is 15.2 Å². The number of hydrogen-bond acceptors (Lipinski definition) is 4. The van der Waals surface area contributed by atoms with E-state index in [2.05, 4.69) is 10.4 Å². The van der Waals surface area contributed by atoms with E-state index in [-0.39, 0.29) is 18.9 Å². The number of aliphatic hydroxyl groups excluding tert-OH is 1. The van der Waals surface area contributed by atoms with Crippen LogP contribution >= 0.6 is 0 Å². The van der Waals surface area contributed by atoms with Crippen molar-refractivity contribution in [3.8, 4) is 11.4 Å². The zero-order valence-electron chi connectivity index (χ0n) is 10.4. The maximum atomic E-state index is 11.9. The number of rotatable bonds is 2. The highest BCUT2D eigenvalue weighted by atomic mass is 16.5. The van der Waals surface area contributed by atoms with Crippen LogP contribution in [0.3, 0.4) is 0 Å². The summed E-state index contributed by atoms with van der Waals surface area (Å²) in [7, 11) is 1.58. The Hall–Kier alpha value is -2.34. The number of nitrogens with one attached hydrogen (secondary N) is 1. The number of anilines is 1. The Morgan fingerprint density at radius 2 is 2.37 bits per heavy atom. The van der Waals surface area contributed by atoms with Crippen LogP contribution in [0.1, 0.15) is 11.3 Å². The summed E-state index contributed by atoms with van der Waals surface area (Å²) in [6, 6.07) is 5.36. The van der Waals surface area contributed by atoms with E-state index >= 15 is 0 Å².